The molecule has 2 aliphatic rings. The fourth-order valence-electron chi connectivity index (χ4n) is 5.40. The molecule has 1 unspecified atom stereocenters. The minimum atomic E-state index is -0.625. The quantitative estimate of drug-likeness (QED) is 0.420. The van der Waals surface area contributed by atoms with Gasteiger partial charge in [0.15, 0.2) is 0 Å². The summed E-state index contributed by atoms with van der Waals surface area (Å²) in [6.07, 6.45) is 0.588. The number of nitrogen functional groups attached to an aromatic ring is 1. The van der Waals surface area contributed by atoms with Crippen molar-refractivity contribution in [3.8, 4) is 11.5 Å². The number of esters is 1. The van der Waals surface area contributed by atoms with Crippen LogP contribution in [0.4, 0.5) is 5.00 Å². The molecular weight excluding hydrogens is 514 g/mol. The molecule has 0 fully saturated rings. The second-order valence-corrected chi connectivity index (χ2v) is 12.2. The Morgan fingerprint density at radius 1 is 1.08 bits per heavy atom. The molecule has 0 spiro atoms. The van der Waals surface area contributed by atoms with Crippen LogP contribution in [0, 0.1) is 0 Å². The van der Waals surface area contributed by atoms with Gasteiger partial charge in [-0.2, -0.15) is 0 Å². The molecular formula is C30H35N3O5S. The van der Waals surface area contributed by atoms with Gasteiger partial charge in [-0.3, -0.25) is 9.69 Å². The van der Waals surface area contributed by atoms with Crippen molar-refractivity contribution in [1.82, 2.24) is 9.80 Å². The van der Waals surface area contributed by atoms with Gasteiger partial charge in [0.1, 0.15) is 22.1 Å². The Labute approximate surface area is 233 Å². The number of hydrogen-bond acceptors (Lipinski definition) is 8. The maximum Gasteiger partial charge on any atom is 0.341 e. The Morgan fingerprint density at radius 2 is 1.82 bits per heavy atom. The van der Waals surface area contributed by atoms with E-state index in [1.54, 1.807) is 14.2 Å². The lowest BCUT2D eigenvalue weighted by atomic mass is 9.95. The number of hydrogen-bond donors (Lipinski definition) is 1. The van der Waals surface area contributed by atoms with Gasteiger partial charge in [-0.15, -0.1) is 11.3 Å². The van der Waals surface area contributed by atoms with Gasteiger partial charge in [-0.1, -0.05) is 24.3 Å². The van der Waals surface area contributed by atoms with Crippen molar-refractivity contribution in [2.45, 2.75) is 58.5 Å². The van der Waals surface area contributed by atoms with E-state index >= 15 is 0 Å². The van der Waals surface area contributed by atoms with Gasteiger partial charge in [0, 0.05) is 37.1 Å². The minimum Gasteiger partial charge on any atom is -0.497 e. The standard InChI is InChI=1S/C30H35N3O5S/c1-30(2,3)38-29(35)26-22-13-20(16-33-15-19-7-6-8-23(37-5)25(19)28(33)34)32(17-24(22)39-27(26)31)14-18-9-11-21(36-4)12-10-18/h6-12,20H,13-17,31H2,1-5H3. The second-order valence-electron chi connectivity index (χ2n) is 11.0. The van der Waals surface area contributed by atoms with Gasteiger partial charge in [0.05, 0.1) is 25.3 Å². The van der Waals surface area contributed by atoms with E-state index in [9.17, 15) is 9.59 Å². The van der Waals surface area contributed by atoms with Crippen LogP contribution >= 0.6 is 11.3 Å². The number of fused-ring (bicyclic) bond motifs is 2. The van der Waals surface area contributed by atoms with Gasteiger partial charge < -0.3 is 24.8 Å². The molecule has 0 radical (unpaired) electrons. The molecule has 2 aliphatic heterocycles. The van der Waals surface area contributed by atoms with E-state index in [4.69, 9.17) is 19.9 Å². The van der Waals surface area contributed by atoms with Crippen molar-refractivity contribution in [3.63, 3.8) is 0 Å². The van der Waals surface area contributed by atoms with E-state index < -0.39 is 11.6 Å². The highest BCUT2D eigenvalue weighted by Crippen LogP contribution is 2.39. The molecule has 2 N–H and O–H groups in total. The van der Waals surface area contributed by atoms with Crippen LogP contribution in [-0.2, 0) is 30.8 Å². The molecule has 3 heterocycles. The van der Waals surface area contributed by atoms with Gasteiger partial charge >= 0.3 is 5.97 Å². The number of nitrogens with two attached hydrogens (primary N) is 1. The SMILES string of the molecule is COc1ccc(CN2Cc3sc(N)c(C(=O)OC(C)(C)C)c3CC2CN2Cc3cccc(OC)c3C2=O)cc1. The minimum absolute atomic E-state index is 0.0287. The Bertz CT molecular complexity index is 1390. The number of methoxy groups -OCH3 is 2. The number of ether oxygens (including phenoxy) is 3. The summed E-state index contributed by atoms with van der Waals surface area (Å²) < 4.78 is 16.5. The Kier molecular flexibility index (Phi) is 7.31. The molecule has 2 aromatic carbocycles. The molecule has 1 atom stereocenters. The number of carbonyl (C=O) groups excluding carboxylic acids is 2. The Balaban J connectivity index is 1.46. The monoisotopic (exact) mass is 549 g/mol. The first-order valence-electron chi connectivity index (χ1n) is 13.0. The summed E-state index contributed by atoms with van der Waals surface area (Å²) in [5.41, 5.74) is 9.91. The van der Waals surface area contributed by atoms with Crippen molar-refractivity contribution in [2.24, 2.45) is 0 Å². The Hall–Kier alpha value is -3.56. The highest BCUT2D eigenvalue weighted by molar-refractivity contribution is 7.16. The molecule has 8 nitrogen and oxygen atoms in total. The first-order chi connectivity index (χ1) is 18.6. The highest BCUT2D eigenvalue weighted by Gasteiger charge is 2.38. The first kappa shape index (κ1) is 27.0. The fourth-order valence-corrected chi connectivity index (χ4v) is 6.51. The zero-order chi connectivity index (χ0) is 27.9. The van der Waals surface area contributed by atoms with Crippen LogP contribution < -0.4 is 15.2 Å². The summed E-state index contributed by atoms with van der Waals surface area (Å²) >= 11 is 1.45. The van der Waals surface area contributed by atoms with Crippen molar-refractivity contribution in [3.05, 3.63) is 75.2 Å². The number of nitrogens with zero attached hydrogens (tertiary/aromatic N) is 2. The summed E-state index contributed by atoms with van der Waals surface area (Å²) in [5, 5.41) is 0.480. The number of anilines is 1. The zero-order valence-corrected chi connectivity index (χ0v) is 23.9. The van der Waals surface area contributed by atoms with Gasteiger partial charge in [-0.25, -0.2) is 4.79 Å². The highest BCUT2D eigenvalue weighted by atomic mass is 32.1. The van der Waals surface area contributed by atoms with Crippen LogP contribution in [0.5, 0.6) is 11.5 Å². The molecule has 206 valence electrons. The third-order valence-corrected chi connectivity index (χ3v) is 8.24. The van der Waals surface area contributed by atoms with E-state index in [2.05, 4.69) is 17.0 Å². The van der Waals surface area contributed by atoms with E-state index in [1.807, 2.05) is 56.0 Å². The van der Waals surface area contributed by atoms with Crippen molar-refractivity contribution in [1.29, 1.82) is 0 Å². The van der Waals surface area contributed by atoms with E-state index in [1.165, 1.54) is 11.3 Å². The summed E-state index contributed by atoms with van der Waals surface area (Å²) in [6.45, 7) is 7.90. The van der Waals surface area contributed by atoms with Crippen LogP contribution in [-0.4, -0.2) is 54.1 Å². The summed E-state index contributed by atoms with van der Waals surface area (Å²) in [5.74, 6) is 0.974. The van der Waals surface area contributed by atoms with Crippen molar-refractivity contribution < 1.29 is 23.8 Å². The molecule has 0 saturated heterocycles. The van der Waals surface area contributed by atoms with Crippen LogP contribution in [0.3, 0.4) is 0 Å². The molecule has 1 amide bonds. The third-order valence-electron chi connectivity index (χ3n) is 7.19. The van der Waals surface area contributed by atoms with E-state index in [0.29, 0.717) is 54.5 Å². The van der Waals surface area contributed by atoms with Crippen molar-refractivity contribution >= 4 is 28.2 Å². The van der Waals surface area contributed by atoms with Crippen LogP contribution in [0.2, 0.25) is 0 Å². The number of benzene rings is 2. The number of amides is 1. The maximum atomic E-state index is 13.5. The topological polar surface area (TPSA) is 94.3 Å². The van der Waals surface area contributed by atoms with Gasteiger partial charge in [0.2, 0.25) is 0 Å². The lowest BCUT2D eigenvalue weighted by molar-refractivity contribution is 0.00681. The predicted octanol–water partition coefficient (Wildman–Crippen LogP) is 4.89. The molecule has 3 aromatic rings. The zero-order valence-electron chi connectivity index (χ0n) is 23.1. The lowest BCUT2D eigenvalue weighted by Crippen LogP contribution is -2.47. The van der Waals surface area contributed by atoms with Crippen molar-refractivity contribution in [2.75, 3.05) is 26.5 Å². The molecule has 5 rings (SSSR count). The van der Waals surface area contributed by atoms with Crippen LogP contribution in [0.15, 0.2) is 42.5 Å². The van der Waals surface area contributed by atoms with E-state index in [0.717, 1.165) is 27.3 Å². The van der Waals surface area contributed by atoms with Gasteiger partial charge in [0.25, 0.3) is 5.91 Å². The summed E-state index contributed by atoms with van der Waals surface area (Å²) in [6, 6.07) is 13.7. The van der Waals surface area contributed by atoms with Gasteiger partial charge in [-0.05, 0) is 62.1 Å². The predicted molar refractivity (Wildman–Crippen MR) is 151 cm³/mol. The number of rotatable bonds is 7. The smallest absolute Gasteiger partial charge is 0.341 e. The molecule has 0 bridgehead atoms. The number of carbonyl (C=O) groups is 2. The average Bonchev–Trinajstić information content (AvgIpc) is 3.38. The van der Waals surface area contributed by atoms with Crippen LogP contribution in [0.25, 0.3) is 0 Å². The third kappa shape index (κ3) is 5.46. The summed E-state index contributed by atoms with van der Waals surface area (Å²) in [7, 11) is 3.24. The van der Waals surface area contributed by atoms with E-state index in [-0.39, 0.29) is 11.9 Å². The summed E-state index contributed by atoms with van der Waals surface area (Å²) in [4.78, 5) is 32.0. The largest absolute Gasteiger partial charge is 0.497 e. The van der Waals surface area contributed by atoms with Crippen LogP contribution in [0.1, 0.15) is 63.1 Å². The molecule has 9 heteroatoms. The molecule has 1 aromatic heterocycles. The molecule has 0 aliphatic carbocycles. The number of thiophene rings is 1. The average molecular weight is 550 g/mol. The Morgan fingerprint density at radius 3 is 2.49 bits per heavy atom. The second kappa shape index (κ2) is 10.5. The molecule has 0 saturated carbocycles. The normalized spacial score (nSPS) is 17.1. The fraction of sp³-hybridized carbons (Fsp3) is 0.400. The maximum absolute atomic E-state index is 13.5. The lowest BCUT2D eigenvalue weighted by Gasteiger charge is -2.38. The molecule has 39 heavy (non-hydrogen) atoms. The first-order valence-corrected chi connectivity index (χ1v) is 13.8.